The fraction of sp³-hybridized carbons (Fsp3) is 0.481. The molecule has 5 atom stereocenters. The van der Waals surface area contributed by atoms with Crippen molar-refractivity contribution in [3.63, 3.8) is 0 Å². The van der Waals surface area contributed by atoms with Gasteiger partial charge in [-0.15, -0.1) is 0 Å². The highest BCUT2D eigenvalue weighted by molar-refractivity contribution is 5.84. The van der Waals surface area contributed by atoms with Crippen LogP contribution in [-0.4, -0.2) is 33.7 Å². The molecule has 7 heteroatoms. The van der Waals surface area contributed by atoms with Crippen LogP contribution in [0.25, 0.3) is 11.6 Å². The molecule has 34 heavy (non-hydrogen) atoms. The third-order valence-corrected chi connectivity index (χ3v) is 8.05. The first-order chi connectivity index (χ1) is 16.0. The van der Waals surface area contributed by atoms with Crippen LogP contribution in [0.2, 0.25) is 0 Å². The Labute approximate surface area is 197 Å². The average Bonchev–Trinajstić information content (AvgIpc) is 2.91. The van der Waals surface area contributed by atoms with Crippen LogP contribution in [0.5, 0.6) is 0 Å². The largest absolute Gasteiger partial charge is 0.460 e. The number of allylic oxidation sites excluding steroid dienone is 7. The number of aliphatic hydroxyl groups is 1. The van der Waals surface area contributed by atoms with Crippen LogP contribution in [-0.2, 0) is 9.53 Å². The van der Waals surface area contributed by atoms with E-state index in [-0.39, 0.29) is 5.83 Å². The molecule has 3 aliphatic rings. The Morgan fingerprint density at radius 2 is 2.03 bits per heavy atom. The van der Waals surface area contributed by atoms with Gasteiger partial charge in [0.25, 0.3) is 5.92 Å². The molecule has 1 aromatic heterocycles. The van der Waals surface area contributed by atoms with Gasteiger partial charge in [-0.05, 0) is 43.4 Å². The number of alkyl halides is 2. The lowest BCUT2D eigenvalue weighted by molar-refractivity contribution is -0.218. The molecule has 0 aromatic carbocycles. The first-order valence-electron chi connectivity index (χ1n) is 11.7. The number of carbonyl (C=O) groups is 1. The van der Waals surface area contributed by atoms with Gasteiger partial charge < -0.3 is 9.84 Å². The molecule has 5 unspecified atom stereocenters. The maximum absolute atomic E-state index is 14.9. The Morgan fingerprint density at radius 1 is 1.29 bits per heavy atom. The topological polar surface area (TPSA) is 59.4 Å². The Kier molecular flexibility index (Phi) is 6.13. The number of ether oxygens (including phenoxy) is 1. The number of hydrogen-bond donors (Lipinski definition) is 1. The molecule has 1 N–H and O–H groups in total. The summed E-state index contributed by atoms with van der Waals surface area (Å²) >= 11 is 0. The smallest absolute Gasteiger partial charge is 0.339 e. The summed E-state index contributed by atoms with van der Waals surface area (Å²) in [5.41, 5.74) is -1.19. The summed E-state index contributed by atoms with van der Waals surface area (Å²) in [5, 5.41) is 11.0. The second-order valence-corrected chi connectivity index (χ2v) is 9.76. The second kappa shape index (κ2) is 8.52. The first kappa shape index (κ1) is 24.5. The molecule has 0 radical (unpaired) electrons. The van der Waals surface area contributed by atoms with Gasteiger partial charge in [-0.25, -0.2) is 18.0 Å². The number of nitrogens with zero attached hydrogens (tertiary/aromatic N) is 1. The van der Waals surface area contributed by atoms with Gasteiger partial charge in [-0.1, -0.05) is 51.1 Å². The molecule has 182 valence electrons. The average molecular weight is 474 g/mol. The van der Waals surface area contributed by atoms with E-state index in [0.717, 1.165) is 5.57 Å². The molecular weight excluding hydrogens is 443 g/mol. The number of cyclic esters (lactones) is 1. The standard InChI is InChI=1S/C27H30F3NO3/c1-5-18-8-6-7-9-21(23(18)28)19-10-11-20(31-14-19)12-13-22-16(2)27(29,30)15-26(33)24(32)34-17(3)25(22,26)4/h6-7,9-14,16-17,22,33H,5,8,15H2,1-4H3. The van der Waals surface area contributed by atoms with Crippen LogP contribution in [0.4, 0.5) is 13.2 Å². The number of aromatic nitrogens is 1. The normalized spacial score (nSPS) is 35.2. The lowest BCUT2D eigenvalue weighted by Crippen LogP contribution is -2.63. The number of pyridine rings is 1. The van der Waals surface area contributed by atoms with Crippen molar-refractivity contribution in [1.29, 1.82) is 0 Å². The monoisotopic (exact) mass is 473 g/mol. The number of carbonyl (C=O) groups excluding carboxylic acids is 1. The summed E-state index contributed by atoms with van der Waals surface area (Å²) in [6.45, 7) is 6.60. The molecular formula is C27H30F3NO3. The number of rotatable bonds is 4. The van der Waals surface area contributed by atoms with Crippen molar-refractivity contribution in [3.05, 3.63) is 65.3 Å². The third kappa shape index (κ3) is 3.65. The predicted molar refractivity (Wildman–Crippen MR) is 124 cm³/mol. The van der Waals surface area contributed by atoms with E-state index in [1.54, 1.807) is 50.4 Å². The summed E-state index contributed by atoms with van der Waals surface area (Å²) < 4.78 is 49.9. The fourth-order valence-electron chi connectivity index (χ4n) is 5.51. The van der Waals surface area contributed by atoms with Crippen molar-refractivity contribution in [2.75, 3.05) is 0 Å². The van der Waals surface area contributed by atoms with E-state index in [1.807, 2.05) is 19.1 Å². The molecule has 4 nitrogen and oxygen atoms in total. The zero-order valence-electron chi connectivity index (χ0n) is 19.8. The van der Waals surface area contributed by atoms with Crippen molar-refractivity contribution in [1.82, 2.24) is 4.98 Å². The van der Waals surface area contributed by atoms with E-state index < -0.39 is 47.3 Å². The van der Waals surface area contributed by atoms with E-state index in [4.69, 9.17) is 4.74 Å². The highest BCUT2D eigenvalue weighted by Crippen LogP contribution is 2.61. The summed E-state index contributed by atoms with van der Waals surface area (Å²) in [4.78, 5) is 16.7. The van der Waals surface area contributed by atoms with Crippen molar-refractivity contribution < 1.29 is 27.8 Å². The molecule has 1 saturated heterocycles. The summed E-state index contributed by atoms with van der Waals surface area (Å²) in [6.07, 6.45) is 9.70. The van der Waals surface area contributed by atoms with Gasteiger partial charge >= 0.3 is 5.97 Å². The molecule has 1 saturated carbocycles. The Bertz CT molecular complexity index is 1100. The van der Waals surface area contributed by atoms with Crippen LogP contribution in [0.15, 0.2) is 54.0 Å². The van der Waals surface area contributed by atoms with Crippen LogP contribution >= 0.6 is 0 Å². The van der Waals surface area contributed by atoms with Crippen molar-refractivity contribution in [2.24, 2.45) is 17.3 Å². The van der Waals surface area contributed by atoms with Crippen LogP contribution in [0, 0.1) is 17.3 Å². The van der Waals surface area contributed by atoms with E-state index in [2.05, 4.69) is 4.98 Å². The van der Waals surface area contributed by atoms with Crippen molar-refractivity contribution in [2.45, 2.75) is 64.6 Å². The minimum Gasteiger partial charge on any atom is -0.460 e. The maximum atomic E-state index is 14.9. The minimum atomic E-state index is -3.25. The molecule has 2 aliphatic carbocycles. The highest BCUT2D eigenvalue weighted by Gasteiger charge is 2.74. The predicted octanol–water partition coefficient (Wildman–Crippen LogP) is 6.05. The van der Waals surface area contributed by atoms with E-state index in [9.17, 15) is 23.1 Å². The lowest BCUT2D eigenvalue weighted by atomic mass is 9.53. The van der Waals surface area contributed by atoms with Gasteiger partial charge in [0, 0.05) is 23.3 Å². The van der Waals surface area contributed by atoms with Crippen LogP contribution in [0.1, 0.15) is 58.2 Å². The summed E-state index contributed by atoms with van der Waals surface area (Å²) in [7, 11) is 0. The van der Waals surface area contributed by atoms with E-state index in [0.29, 0.717) is 29.7 Å². The van der Waals surface area contributed by atoms with Crippen LogP contribution in [0.3, 0.4) is 0 Å². The summed E-state index contributed by atoms with van der Waals surface area (Å²) in [5.74, 6) is -6.46. The molecule has 2 fully saturated rings. The highest BCUT2D eigenvalue weighted by atomic mass is 19.3. The van der Waals surface area contributed by atoms with Gasteiger partial charge in [0.2, 0.25) is 0 Å². The number of hydrogen-bond acceptors (Lipinski definition) is 4. The lowest BCUT2D eigenvalue weighted by Gasteiger charge is -2.52. The maximum Gasteiger partial charge on any atom is 0.339 e. The zero-order chi connectivity index (χ0) is 24.9. The first-order valence-corrected chi connectivity index (χ1v) is 11.7. The van der Waals surface area contributed by atoms with Gasteiger partial charge in [0.05, 0.1) is 17.5 Å². The minimum absolute atomic E-state index is 0.247. The van der Waals surface area contributed by atoms with Gasteiger partial charge in [0.15, 0.2) is 5.60 Å². The number of fused-ring (bicyclic) bond motifs is 1. The molecule has 2 heterocycles. The number of esters is 1. The Morgan fingerprint density at radius 3 is 2.68 bits per heavy atom. The SMILES string of the molecule is CCC1=C(F)C(c2ccc(C=CC3C(C)C(F)(F)CC4(O)C(=O)OC(C)C34C)nc2)=CC=CC1. The molecule has 0 spiro atoms. The van der Waals surface area contributed by atoms with Gasteiger partial charge in [-0.2, -0.15) is 0 Å². The summed E-state index contributed by atoms with van der Waals surface area (Å²) in [6, 6.07) is 3.44. The Hall–Kier alpha value is -2.67. The quantitative estimate of drug-likeness (QED) is 0.541. The molecule has 1 aliphatic heterocycles. The molecule has 0 bridgehead atoms. The van der Waals surface area contributed by atoms with Gasteiger partial charge in [0.1, 0.15) is 11.9 Å². The molecule has 4 rings (SSSR count). The van der Waals surface area contributed by atoms with Gasteiger partial charge in [-0.3, -0.25) is 4.98 Å². The molecule has 0 amide bonds. The zero-order valence-corrected chi connectivity index (χ0v) is 19.8. The fourth-order valence-corrected chi connectivity index (χ4v) is 5.51. The van der Waals surface area contributed by atoms with E-state index in [1.165, 1.54) is 6.92 Å². The van der Waals surface area contributed by atoms with Crippen LogP contribution < -0.4 is 0 Å². The second-order valence-electron chi connectivity index (χ2n) is 9.76. The number of halogens is 3. The van der Waals surface area contributed by atoms with E-state index >= 15 is 0 Å². The Balaban J connectivity index is 1.65. The molecule has 1 aromatic rings. The van der Waals surface area contributed by atoms with Crippen molar-refractivity contribution >= 4 is 17.6 Å². The van der Waals surface area contributed by atoms with Crippen molar-refractivity contribution in [3.8, 4) is 0 Å². The third-order valence-electron chi connectivity index (χ3n) is 8.05.